The van der Waals surface area contributed by atoms with Gasteiger partial charge in [-0.3, -0.25) is 9.69 Å². The minimum atomic E-state index is -0.184. The van der Waals surface area contributed by atoms with Gasteiger partial charge in [-0.25, -0.2) is 4.39 Å². The van der Waals surface area contributed by atoms with Crippen molar-refractivity contribution in [2.75, 3.05) is 33.3 Å². The van der Waals surface area contributed by atoms with Crippen molar-refractivity contribution in [3.8, 4) is 0 Å². The molecule has 0 amide bonds. The van der Waals surface area contributed by atoms with E-state index in [1.165, 1.54) is 19.2 Å². The van der Waals surface area contributed by atoms with E-state index in [1.54, 1.807) is 0 Å². The van der Waals surface area contributed by atoms with Crippen LogP contribution in [0.4, 0.5) is 4.39 Å². The lowest BCUT2D eigenvalue weighted by molar-refractivity contribution is -0.140. The highest BCUT2D eigenvalue weighted by atomic mass is 19.1. The van der Waals surface area contributed by atoms with Crippen LogP contribution in [0.5, 0.6) is 0 Å². The summed E-state index contributed by atoms with van der Waals surface area (Å²) in [6, 6.07) is 7.30. The molecule has 0 spiro atoms. The molecule has 1 aliphatic rings. The van der Waals surface area contributed by atoms with E-state index < -0.39 is 0 Å². The molecular formula is C20H31FN2O2. The third-order valence-electron chi connectivity index (χ3n) is 4.99. The van der Waals surface area contributed by atoms with Crippen molar-refractivity contribution in [3.05, 3.63) is 35.6 Å². The van der Waals surface area contributed by atoms with Gasteiger partial charge in [-0.15, -0.1) is 0 Å². The highest BCUT2D eigenvalue weighted by Gasteiger charge is 2.27. The normalized spacial score (nSPS) is 19.8. The lowest BCUT2D eigenvalue weighted by Gasteiger charge is -2.34. The number of nitrogens with zero attached hydrogens (tertiary/aromatic N) is 2. The molecule has 25 heavy (non-hydrogen) atoms. The molecular weight excluding hydrogens is 319 g/mol. The molecule has 1 saturated heterocycles. The summed E-state index contributed by atoms with van der Waals surface area (Å²) < 4.78 is 17.9. The molecule has 4 nitrogen and oxygen atoms in total. The fraction of sp³-hybridized carbons (Fsp3) is 0.650. The van der Waals surface area contributed by atoms with Crippen LogP contribution in [-0.2, 0) is 16.1 Å². The molecule has 1 heterocycles. The van der Waals surface area contributed by atoms with Crippen LogP contribution in [0.1, 0.15) is 38.7 Å². The first-order chi connectivity index (χ1) is 12.0. The Hall–Kier alpha value is -1.46. The van der Waals surface area contributed by atoms with Crippen LogP contribution >= 0.6 is 0 Å². The average Bonchev–Trinajstić information content (AvgIpc) is 2.79. The number of rotatable bonds is 7. The number of hydrogen-bond acceptors (Lipinski definition) is 4. The van der Waals surface area contributed by atoms with E-state index in [1.807, 2.05) is 12.1 Å². The molecule has 0 N–H and O–H groups in total. The van der Waals surface area contributed by atoms with E-state index in [9.17, 15) is 9.18 Å². The lowest BCUT2D eigenvalue weighted by Crippen LogP contribution is -2.44. The van der Waals surface area contributed by atoms with E-state index in [-0.39, 0.29) is 11.8 Å². The molecule has 1 aromatic carbocycles. The highest BCUT2D eigenvalue weighted by molar-refractivity contribution is 5.69. The van der Waals surface area contributed by atoms with Gasteiger partial charge < -0.3 is 9.64 Å². The summed E-state index contributed by atoms with van der Waals surface area (Å²) in [6.45, 7) is 9.44. The van der Waals surface area contributed by atoms with Crippen molar-refractivity contribution in [1.29, 1.82) is 0 Å². The van der Waals surface area contributed by atoms with Crippen LogP contribution in [0.25, 0.3) is 0 Å². The van der Waals surface area contributed by atoms with Crippen LogP contribution in [0.2, 0.25) is 0 Å². The molecule has 0 aromatic heterocycles. The second-order valence-corrected chi connectivity index (χ2v) is 7.24. The number of benzene rings is 1. The topological polar surface area (TPSA) is 32.8 Å². The zero-order valence-corrected chi connectivity index (χ0v) is 15.7. The van der Waals surface area contributed by atoms with Crippen molar-refractivity contribution in [1.82, 2.24) is 9.80 Å². The lowest BCUT2D eigenvalue weighted by atomic mass is 10.0. The van der Waals surface area contributed by atoms with E-state index in [2.05, 4.69) is 23.6 Å². The van der Waals surface area contributed by atoms with Crippen molar-refractivity contribution in [3.63, 3.8) is 0 Å². The van der Waals surface area contributed by atoms with Crippen molar-refractivity contribution >= 4 is 5.97 Å². The smallest absolute Gasteiger partial charge is 0.305 e. The number of carbonyl (C=O) groups excluding carboxylic acids is 1. The van der Waals surface area contributed by atoms with Gasteiger partial charge in [0.25, 0.3) is 0 Å². The number of esters is 1. The van der Waals surface area contributed by atoms with Gasteiger partial charge in [-0.1, -0.05) is 26.0 Å². The third kappa shape index (κ3) is 6.40. The second-order valence-electron chi connectivity index (χ2n) is 7.24. The Morgan fingerprint density at radius 1 is 1.28 bits per heavy atom. The predicted molar refractivity (Wildman–Crippen MR) is 97.7 cm³/mol. The molecule has 0 radical (unpaired) electrons. The summed E-state index contributed by atoms with van der Waals surface area (Å²) in [6.07, 6.45) is 2.44. The number of ether oxygens (including phenoxy) is 1. The minimum Gasteiger partial charge on any atom is -0.469 e. The maximum Gasteiger partial charge on any atom is 0.305 e. The van der Waals surface area contributed by atoms with Gasteiger partial charge in [0, 0.05) is 32.1 Å². The SMILES string of the molecule is COC(=O)CCCN1CCCN(Cc2ccc(F)cc2)[C@@H](C(C)C)C1. The summed E-state index contributed by atoms with van der Waals surface area (Å²) in [5.41, 5.74) is 1.16. The van der Waals surface area contributed by atoms with Gasteiger partial charge in [0.05, 0.1) is 7.11 Å². The van der Waals surface area contributed by atoms with E-state index in [4.69, 9.17) is 4.74 Å². The fourth-order valence-electron chi connectivity index (χ4n) is 3.54. The number of halogens is 1. The van der Waals surface area contributed by atoms with Crippen LogP contribution in [-0.4, -0.2) is 55.1 Å². The summed E-state index contributed by atoms with van der Waals surface area (Å²) in [7, 11) is 1.44. The Morgan fingerprint density at radius 3 is 2.64 bits per heavy atom. The third-order valence-corrected chi connectivity index (χ3v) is 4.99. The summed E-state index contributed by atoms with van der Waals surface area (Å²) in [5.74, 6) is 0.228. The molecule has 0 unspecified atom stereocenters. The second kappa shape index (κ2) is 9.88. The molecule has 1 aliphatic heterocycles. The minimum absolute atomic E-state index is 0.131. The Labute approximate surface area is 150 Å². The van der Waals surface area contributed by atoms with E-state index in [0.29, 0.717) is 18.4 Å². The van der Waals surface area contributed by atoms with Crippen molar-refractivity contribution in [2.45, 2.75) is 45.7 Å². The van der Waals surface area contributed by atoms with Crippen molar-refractivity contribution in [2.24, 2.45) is 5.92 Å². The first-order valence-electron chi connectivity index (χ1n) is 9.27. The molecule has 1 atom stereocenters. The van der Waals surface area contributed by atoms with Crippen LogP contribution < -0.4 is 0 Å². The van der Waals surface area contributed by atoms with Crippen molar-refractivity contribution < 1.29 is 13.9 Å². The number of carbonyl (C=O) groups is 1. The Balaban J connectivity index is 1.95. The summed E-state index contributed by atoms with van der Waals surface area (Å²) in [4.78, 5) is 16.3. The van der Waals surface area contributed by atoms with Gasteiger partial charge >= 0.3 is 5.97 Å². The molecule has 1 aromatic rings. The number of methoxy groups -OCH3 is 1. The standard InChI is InChI=1S/C20H31FN2O2/c1-16(2)19-15-22(11-4-6-20(24)25-3)12-5-13-23(19)14-17-7-9-18(21)10-8-17/h7-10,16,19H,4-6,11-15H2,1-3H3/t19-/m1/s1. The van der Waals surface area contributed by atoms with Gasteiger partial charge in [0.2, 0.25) is 0 Å². The molecule has 140 valence electrons. The first-order valence-corrected chi connectivity index (χ1v) is 9.27. The zero-order valence-electron chi connectivity index (χ0n) is 15.7. The Morgan fingerprint density at radius 2 is 2.00 bits per heavy atom. The molecule has 2 rings (SSSR count). The van der Waals surface area contributed by atoms with E-state index in [0.717, 1.165) is 51.1 Å². The Kier molecular flexibility index (Phi) is 7.85. The van der Waals surface area contributed by atoms with E-state index >= 15 is 0 Å². The largest absolute Gasteiger partial charge is 0.469 e. The Bertz CT molecular complexity index is 533. The molecule has 5 heteroatoms. The quantitative estimate of drug-likeness (QED) is 0.707. The fourth-order valence-corrected chi connectivity index (χ4v) is 3.54. The molecule has 0 bridgehead atoms. The maximum atomic E-state index is 13.1. The predicted octanol–water partition coefficient (Wildman–Crippen LogP) is 3.31. The molecule has 1 fully saturated rings. The zero-order chi connectivity index (χ0) is 18.2. The summed E-state index contributed by atoms with van der Waals surface area (Å²) in [5, 5.41) is 0. The average molecular weight is 350 g/mol. The van der Waals surface area contributed by atoms with Crippen LogP contribution in [0.3, 0.4) is 0 Å². The van der Waals surface area contributed by atoms with Gasteiger partial charge in [0.1, 0.15) is 5.82 Å². The first kappa shape index (κ1) is 19.9. The van der Waals surface area contributed by atoms with Gasteiger partial charge in [-0.2, -0.15) is 0 Å². The highest BCUT2D eigenvalue weighted by Crippen LogP contribution is 2.20. The monoisotopic (exact) mass is 350 g/mol. The maximum absolute atomic E-state index is 13.1. The summed E-state index contributed by atoms with van der Waals surface area (Å²) >= 11 is 0. The number of hydrogen-bond donors (Lipinski definition) is 0. The van der Waals surface area contributed by atoms with Crippen LogP contribution in [0.15, 0.2) is 24.3 Å². The molecule has 0 saturated carbocycles. The molecule has 0 aliphatic carbocycles. The van der Waals surface area contributed by atoms with Crippen LogP contribution in [0, 0.1) is 11.7 Å². The van der Waals surface area contributed by atoms with Gasteiger partial charge in [-0.05, 0) is 49.5 Å². The van der Waals surface area contributed by atoms with Gasteiger partial charge in [0.15, 0.2) is 0 Å².